The van der Waals surface area contributed by atoms with Crippen LogP contribution in [-0.2, 0) is 19.6 Å². The summed E-state index contributed by atoms with van der Waals surface area (Å²) in [6, 6.07) is 6.34. The van der Waals surface area contributed by atoms with Gasteiger partial charge < -0.3 is 4.74 Å². The lowest BCUT2D eigenvalue weighted by atomic mass is 10.2. The third kappa shape index (κ3) is 3.59. The summed E-state index contributed by atoms with van der Waals surface area (Å²) < 4.78 is 30.6. The van der Waals surface area contributed by atoms with Gasteiger partial charge in [-0.2, -0.15) is 0 Å². The van der Waals surface area contributed by atoms with Crippen molar-refractivity contribution in [3.63, 3.8) is 0 Å². The van der Waals surface area contributed by atoms with Crippen molar-refractivity contribution in [2.24, 2.45) is 0 Å². The molecule has 0 saturated heterocycles. The van der Waals surface area contributed by atoms with Crippen LogP contribution in [0.3, 0.4) is 0 Å². The Bertz CT molecular complexity index is 563. The van der Waals surface area contributed by atoms with Crippen LogP contribution in [0.4, 0.5) is 0 Å². The number of hydrogen-bond donors (Lipinski definition) is 1. The van der Waals surface area contributed by atoms with Crippen LogP contribution in [0.1, 0.15) is 12.5 Å². The van der Waals surface area contributed by atoms with E-state index in [9.17, 15) is 13.2 Å². The zero-order valence-corrected chi connectivity index (χ0v) is 11.1. The monoisotopic (exact) mass is 269 g/mol. The van der Waals surface area contributed by atoms with E-state index < -0.39 is 16.0 Å². The van der Waals surface area contributed by atoms with E-state index in [1.54, 1.807) is 26.0 Å². The largest absolute Gasteiger partial charge is 0.461 e. The van der Waals surface area contributed by atoms with Crippen LogP contribution in [0.5, 0.6) is 0 Å². The summed E-state index contributed by atoms with van der Waals surface area (Å²) in [5, 5.41) is 0. The van der Waals surface area contributed by atoms with Crippen LogP contribution in [0.25, 0.3) is 0 Å². The van der Waals surface area contributed by atoms with E-state index in [1.807, 2.05) is 0 Å². The molecular weight excluding hydrogens is 254 g/mol. The highest BCUT2D eigenvalue weighted by Gasteiger charge is 2.18. The molecule has 1 aromatic rings. The summed E-state index contributed by atoms with van der Waals surface area (Å²) in [4.78, 5) is 11.3. The molecule has 0 amide bonds. The summed E-state index contributed by atoms with van der Waals surface area (Å²) in [5.74, 6) is -0.784. The molecule has 0 atom stereocenters. The maximum Gasteiger partial charge on any atom is 0.354 e. The van der Waals surface area contributed by atoms with Crippen LogP contribution in [0.15, 0.2) is 41.4 Å². The van der Waals surface area contributed by atoms with Crippen LogP contribution >= 0.6 is 0 Å². The number of nitrogens with one attached hydrogen (secondary N) is 1. The molecule has 1 aromatic carbocycles. The third-order valence-corrected chi connectivity index (χ3v) is 3.47. The summed E-state index contributed by atoms with van der Waals surface area (Å²) in [6.07, 6.45) is 0. The number of ether oxygens (including phenoxy) is 1. The second kappa shape index (κ2) is 5.68. The van der Waals surface area contributed by atoms with Crippen LogP contribution in [-0.4, -0.2) is 21.0 Å². The molecule has 18 heavy (non-hydrogen) atoms. The summed E-state index contributed by atoms with van der Waals surface area (Å²) >= 11 is 0. The van der Waals surface area contributed by atoms with Gasteiger partial charge in [0.1, 0.15) is 5.70 Å². The highest BCUT2D eigenvalue weighted by atomic mass is 32.2. The molecule has 0 radical (unpaired) electrons. The first kappa shape index (κ1) is 14.2. The number of aryl methyl sites for hydroxylation is 1. The Labute approximate surface area is 107 Å². The molecule has 1 rings (SSSR count). The van der Waals surface area contributed by atoms with Gasteiger partial charge in [0.2, 0.25) is 0 Å². The number of benzene rings is 1. The average molecular weight is 269 g/mol. The lowest BCUT2D eigenvalue weighted by molar-refractivity contribution is -0.138. The van der Waals surface area contributed by atoms with E-state index in [-0.39, 0.29) is 17.2 Å². The second-order valence-corrected chi connectivity index (χ2v) is 5.30. The minimum Gasteiger partial charge on any atom is -0.461 e. The van der Waals surface area contributed by atoms with Crippen molar-refractivity contribution < 1.29 is 17.9 Å². The second-order valence-electron chi connectivity index (χ2n) is 3.62. The average Bonchev–Trinajstić information content (AvgIpc) is 2.28. The summed E-state index contributed by atoms with van der Waals surface area (Å²) in [7, 11) is -3.80. The van der Waals surface area contributed by atoms with Crippen molar-refractivity contribution >= 4 is 16.0 Å². The van der Waals surface area contributed by atoms with Crippen molar-refractivity contribution in [2.75, 3.05) is 6.61 Å². The van der Waals surface area contributed by atoms with Gasteiger partial charge in [-0.05, 0) is 31.5 Å². The fourth-order valence-electron chi connectivity index (χ4n) is 1.26. The molecule has 0 aliphatic heterocycles. The molecule has 0 aliphatic carbocycles. The first-order valence-electron chi connectivity index (χ1n) is 5.32. The van der Waals surface area contributed by atoms with Crippen LogP contribution in [0.2, 0.25) is 0 Å². The molecule has 0 saturated carbocycles. The standard InChI is InChI=1S/C12H15NO4S/c1-4-17-12(14)10(3)13-18(15,16)11-7-5-6-9(2)8-11/h5-8,13H,3-4H2,1-2H3. The molecular formula is C12H15NO4S. The number of sulfonamides is 1. The van der Waals surface area contributed by atoms with E-state index in [1.165, 1.54) is 12.1 Å². The fourth-order valence-corrected chi connectivity index (χ4v) is 2.39. The number of rotatable bonds is 5. The first-order valence-corrected chi connectivity index (χ1v) is 6.80. The molecule has 6 heteroatoms. The first-order chi connectivity index (χ1) is 8.36. The quantitative estimate of drug-likeness (QED) is 0.647. The summed E-state index contributed by atoms with van der Waals surface area (Å²) in [5.41, 5.74) is 0.498. The number of carbonyl (C=O) groups is 1. The number of hydrogen-bond acceptors (Lipinski definition) is 4. The number of esters is 1. The van der Waals surface area contributed by atoms with Gasteiger partial charge in [0.25, 0.3) is 10.0 Å². The van der Waals surface area contributed by atoms with Gasteiger partial charge in [-0.3, -0.25) is 4.72 Å². The minimum atomic E-state index is -3.80. The Hall–Kier alpha value is -1.82. The molecule has 0 unspecified atom stereocenters. The maximum absolute atomic E-state index is 11.9. The molecule has 0 aliphatic rings. The van der Waals surface area contributed by atoms with Crippen molar-refractivity contribution in [1.29, 1.82) is 0 Å². The Morgan fingerprint density at radius 3 is 2.67 bits per heavy atom. The molecule has 0 spiro atoms. The minimum absolute atomic E-state index is 0.0768. The van der Waals surface area contributed by atoms with E-state index in [0.717, 1.165) is 5.56 Å². The fraction of sp³-hybridized carbons (Fsp3) is 0.250. The van der Waals surface area contributed by atoms with E-state index >= 15 is 0 Å². The smallest absolute Gasteiger partial charge is 0.354 e. The molecule has 0 fully saturated rings. The maximum atomic E-state index is 11.9. The van der Waals surface area contributed by atoms with Crippen LogP contribution < -0.4 is 4.72 Å². The van der Waals surface area contributed by atoms with Gasteiger partial charge in [0.15, 0.2) is 0 Å². The van der Waals surface area contributed by atoms with Crippen molar-refractivity contribution in [3.05, 3.63) is 42.1 Å². The molecule has 5 nitrogen and oxygen atoms in total. The lowest BCUT2D eigenvalue weighted by Crippen LogP contribution is -2.28. The van der Waals surface area contributed by atoms with Crippen molar-refractivity contribution in [1.82, 2.24) is 4.72 Å². The van der Waals surface area contributed by atoms with Gasteiger partial charge in [-0.15, -0.1) is 0 Å². The Balaban J connectivity index is 2.89. The highest BCUT2D eigenvalue weighted by Crippen LogP contribution is 2.11. The number of carbonyl (C=O) groups excluding carboxylic acids is 1. The predicted octanol–water partition coefficient (Wildman–Crippen LogP) is 1.35. The normalized spacial score (nSPS) is 10.8. The molecule has 0 aromatic heterocycles. The van der Waals surface area contributed by atoms with E-state index in [4.69, 9.17) is 0 Å². The SMILES string of the molecule is C=C(NS(=O)(=O)c1cccc(C)c1)C(=O)OCC. The van der Waals surface area contributed by atoms with Gasteiger partial charge in [0.05, 0.1) is 11.5 Å². The Kier molecular flexibility index (Phi) is 4.49. The topological polar surface area (TPSA) is 72.5 Å². The zero-order chi connectivity index (χ0) is 13.8. The Morgan fingerprint density at radius 2 is 2.11 bits per heavy atom. The third-order valence-electron chi connectivity index (χ3n) is 2.08. The van der Waals surface area contributed by atoms with E-state index in [0.29, 0.717) is 0 Å². The Morgan fingerprint density at radius 1 is 1.44 bits per heavy atom. The lowest BCUT2D eigenvalue weighted by Gasteiger charge is -2.09. The summed E-state index contributed by atoms with van der Waals surface area (Å²) in [6.45, 7) is 6.90. The van der Waals surface area contributed by atoms with Gasteiger partial charge in [-0.1, -0.05) is 18.7 Å². The highest BCUT2D eigenvalue weighted by molar-refractivity contribution is 7.89. The van der Waals surface area contributed by atoms with Crippen LogP contribution in [0, 0.1) is 6.92 Å². The molecule has 0 bridgehead atoms. The van der Waals surface area contributed by atoms with Gasteiger partial charge in [-0.25, -0.2) is 13.2 Å². The van der Waals surface area contributed by atoms with Crippen molar-refractivity contribution in [3.8, 4) is 0 Å². The zero-order valence-electron chi connectivity index (χ0n) is 10.3. The molecule has 98 valence electrons. The molecule has 0 heterocycles. The predicted molar refractivity (Wildman–Crippen MR) is 67.3 cm³/mol. The van der Waals surface area contributed by atoms with E-state index in [2.05, 4.69) is 16.0 Å². The van der Waals surface area contributed by atoms with Gasteiger partial charge >= 0.3 is 5.97 Å². The van der Waals surface area contributed by atoms with Crippen molar-refractivity contribution in [2.45, 2.75) is 18.7 Å². The van der Waals surface area contributed by atoms with Gasteiger partial charge in [0, 0.05) is 0 Å². The molecule has 1 N–H and O–H groups in total.